The molecule has 0 heterocycles. The van der Waals surface area contributed by atoms with Gasteiger partial charge in [-0.05, 0) is 87.9 Å². The van der Waals surface area contributed by atoms with Crippen molar-refractivity contribution in [3.05, 3.63) is 12.3 Å². The first-order chi connectivity index (χ1) is 11.3. The summed E-state index contributed by atoms with van der Waals surface area (Å²) in [6, 6.07) is 0. The predicted octanol–water partition coefficient (Wildman–Crippen LogP) is 5.97. The first-order valence-electron chi connectivity index (χ1n) is 10.2. The number of ether oxygens (including phenoxy) is 2. The van der Waals surface area contributed by atoms with Gasteiger partial charge in [0.05, 0.1) is 12.9 Å². The Morgan fingerprint density at radius 1 is 0.783 bits per heavy atom. The summed E-state index contributed by atoms with van der Waals surface area (Å²) in [5.74, 6) is 3.63. The summed E-state index contributed by atoms with van der Waals surface area (Å²) in [7, 11) is 0. The van der Waals surface area contributed by atoms with Crippen molar-refractivity contribution in [2.75, 3.05) is 19.8 Å². The minimum atomic E-state index is 0.798. The number of hydrogen-bond donors (Lipinski definition) is 0. The lowest BCUT2D eigenvalue weighted by molar-refractivity contribution is 0.0615. The summed E-state index contributed by atoms with van der Waals surface area (Å²) >= 11 is 0. The van der Waals surface area contributed by atoms with Gasteiger partial charge < -0.3 is 9.47 Å². The molecule has 0 bridgehead atoms. The monoisotopic (exact) mass is 322 g/mol. The van der Waals surface area contributed by atoms with E-state index in [0.717, 1.165) is 56.3 Å². The Kier molecular flexibility index (Phi) is 9.11. The van der Waals surface area contributed by atoms with E-state index in [1.54, 1.807) is 0 Å². The zero-order valence-electron chi connectivity index (χ0n) is 15.5. The molecule has 2 rings (SSSR count). The van der Waals surface area contributed by atoms with E-state index >= 15 is 0 Å². The molecule has 0 aromatic carbocycles. The fourth-order valence-electron chi connectivity index (χ4n) is 4.40. The largest absolute Gasteiger partial charge is 0.501 e. The second-order valence-electron chi connectivity index (χ2n) is 7.75. The zero-order valence-corrected chi connectivity index (χ0v) is 15.5. The molecule has 0 amide bonds. The third kappa shape index (κ3) is 6.87. The summed E-state index contributed by atoms with van der Waals surface area (Å²) in [6.07, 6.45) is 17.6. The van der Waals surface area contributed by atoms with E-state index < -0.39 is 0 Å². The van der Waals surface area contributed by atoms with Crippen molar-refractivity contribution < 1.29 is 9.47 Å². The van der Waals surface area contributed by atoms with Crippen molar-refractivity contribution >= 4 is 0 Å². The smallest absolute Gasteiger partial charge is 0.0901 e. The summed E-state index contributed by atoms with van der Waals surface area (Å²) in [6.45, 7) is 7.23. The summed E-state index contributed by atoms with van der Waals surface area (Å²) in [4.78, 5) is 0. The van der Waals surface area contributed by atoms with Crippen molar-refractivity contribution in [3.63, 3.8) is 0 Å². The first kappa shape index (κ1) is 18.8. The van der Waals surface area contributed by atoms with Crippen LogP contribution in [0.5, 0.6) is 0 Å². The third-order valence-electron chi connectivity index (χ3n) is 5.91. The molecule has 2 aliphatic rings. The Morgan fingerprint density at radius 2 is 1.35 bits per heavy atom. The Hall–Kier alpha value is -0.500. The zero-order chi connectivity index (χ0) is 16.3. The molecule has 2 fully saturated rings. The lowest BCUT2D eigenvalue weighted by atomic mass is 9.69. The van der Waals surface area contributed by atoms with Crippen LogP contribution in [0.25, 0.3) is 0 Å². The molecule has 0 N–H and O–H groups in total. The average Bonchev–Trinajstić information content (AvgIpc) is 2.60. The highest BCUT2D eigenvalue weighted by atomic mass is 16.5. The molecular weight excluding hydrogens is 284 g/mol. The van der Waals surface area contributed by atoms with Crippen LogP contribution in [-0.4, -0.2) is 19.8 Å². The van der Waals surface area contributed by atoms with Crippen LogP contribution in [0.2, 0.25) is 0 Å². The second kappa shape index (κ2) is 11.1. The standard InChI is InChI=1S/C21H38O2/c1-3-5-15-23-17-19-8-12-21(13-9-19)20-10-6-18(7-11-20)16-22-14-4-2/h5,15,18-21H,3-4,6-14,16-17H2,1-2H3/t18-,19-,20-,21-. The molecule has 0 aliphatic heterocycles. The minimum Gasteiger partial charge on any atom is -0.501 e. The third-order valence-corrected chi connectivity index (χ3v) is 5.91. The number of allylic oxidation sites excluding steroid dienone is 1. The second-order valence-corrected chi connectivity index (χ2v) is 7.75. The topological polar surface area (TPSA) is 18.5 Å². The van der Waals surface area contributed by atoms with E-state index in [1.165, 1.54) is 51.4 Å². The maximum Gasteiger partial charge on any atom is 0.0901 e. The molecule has 2 saturated carbocycles. The van der Waals surface area contributed by atoms with E-state index in [9.17, 15) is 0 Å². The van der Waals surface area contributed by atoms with Gasteiger partial charge in [0.1, 0.15) is 0 Å². The lowest BCUT2D eigenvalue weighted by Gasteiger charge is -2.37. The van der Waals surface area contributed by atoms with Crippen LogP contribution in [-0.2, 0) is 9.47 Å². The molecule has 2 aliphatic carbocycles. The quantitative estimate of drug-likeness (QED) is 0.385. The van der Waals surface area contributed by atoms with E-state index in [4.69, 9.17) is 9.47 Å². The Bertz CT molecular complexity index is 310. The minimum absolute atomic E-state index is 0.798. The number of hydrogen-bond acceptors (Lipinski definition) is 2. The van der Waals surface area contributed by atoms with Crippen LogP contribution in [0, 0.1) is 23.7 Å². The van der Waals surface area contributed by atoms with E-state index in [-0.39, 0.29) is 0 Å². The Balaban J connectivity index is 1.58. The molecular formula is C21H38O2. The molecule has 0 saturated heterocycles. The van der Waals surface area contributed by atoms with Crippen molar-refractivity contribution in [2.24, 2.45) is 23.7 Å². The van der Waals surface area contributed by atoms with Gasteiger partial charge in [0, 0.05) is 13.2 Å². The van der Waals surface area contributed by atoms with Gasteiger partial charge in [0.2, 0.25) is 0 Å². The van der Waals surface area contributed by atoms with E-state index in [0.29, 0.717) is 0 Å². The van der Waals surface area contributed by atoms with Gasteiger partial charge in [-0.3, -0.25) is 0 Å². The van der Waals surface area contributed by atoms with Gasteiger partial charge in [-0.25, -0.2) is 0 Å². The predicted molar refractivity (Wildman–Crippen MR) is 97.4 cm³/mol. The molecule has 0 spiro atoms. The summed E-state index contributed by atoms with van der Waals surface area (Å²) in [5.41, 5.74) is 0. The molecule has 23 heavy (non-hydrogen) atoms. The molecule has 0 radical (unpaired) electrons. The van der Waals surface area contributed by atoms with Gasteiger partial charge in [-0.15, -0.1) is 0 Å². The summed E-state index contributed by atoms with van der Waals surface area (Å²) < 4.78 is 11.4. The first-order valence-corrected chi connectivity index (χ1v) is 10.2. The SMILES string of the molecule is CCC=COC[C@H]1CC[C@H]([C@H]2CC[C@H](COCCC)CC2)CC1. The fraction of sp³-hybridized carbons (Fsp3) is 0.905. The molecule has 134 valence electrons. The van der Waals surface area contributed by atoms with E-state index in [2.05, 4.69) is 19.9 Å². The van der Waals surface area contributed by atoms with Crippen LogP contribution in [0.15, 0.2) is 12.3 Å². The highest BCUT2D eigenvalue weighted by Crippen LogP contribution is 2.41. The van der Waals surface area contributed by atoms with Gasteiger partial charge in [0.25, 0.3) is 0 Å². The normalized spacial score (nSPS) is 32.3. The van der Waals surface area contributed by atoms with Gasteiger partial charge in [-0.2, -0.15) is 0 Å². The Morgan fingerprint density at radius 3 is 1.87 bits per heavy atom. The Labute approximate surface area is 144 Å². The molecule has 0 unspecified atom stereocenters. The lowest BCUT2D eigenvalue weighted by Crippen LogP contribution is -2.28. The fourth-order valence-corrected chi connectivity index (χ4v) is 4.40. The average molecular weight is 323 g/mol. The summed E-state index contributed by atoms with van der Waals surface area (Å²) in [5, 5.41) is 0. The van der Waals surface area contributed by atoms with Gasteiger partial charge in [-0.1, -0.05) is 19.9 Å². The van der Waals surface area contributed by atoms with Gasteiger partial charge >= 0.3 is 0 Å². The van der Waals surface area contributed by atoms with Crippen molar-refractivity contribution in [2.45, 2.75) is 78.1 Å². The molecule has 0 atom stereocenters. The maximum atomic E-state index is 5.75. The molecule has 0 aromatic rings. The highest BCUT2D eigenvalue weighted by molar-refractivity contribution is 4.82. The highest BCUT2D eigenvalue weighted by Gasteiger charge is 2.30. The van der Waals surface area contributed by atoms with Crippen molar-refractivity contribution in [1.29, 1.82) is 0 Å². The number of rotatable bonds is 9. The van der Waals surface area contributed by atoms with Crippen molar-refractivity contribution in [3.8, 4) is 0 Å². The van der Waals surface area contributed by atoms with Crippen LogP contribution in [0.3, 0.4) is 0 Å². The van der Waals surface area contributed by atoms with Crippen LogP contribution < -0.4 is 0 Å². The molecule has 2 heteroatoms. The van der Waals surface area contributed by atoms with Crippen LogP contribution in [0.1, 0.15) is 78.1 Å². The van der Waals surface area contributed by atoms with Gasteiger partial charge in [0.15, 0.2) is 0 Å². The molecule has 0 aromatic heterocycles. The van der Waals surface area contributed by atoms with Crippen LogP contribution in [0.4, 0.5) is 0 Å². The van der Waals surface area contributed by atoms with Crippen molar-refractivity contribution in [1.82, 2.24) is 0 Å². The molecule has 2 nitrogen and oxygen atoms in total. The van der Waals surface area contributed by atoms with Crippen LogP contribution >= 0.6 is 0 Å². The van der Waals surface area contributed by atoms with E-state index in [1.807, 2.05) is 6.26 Å². The maximum absolute atomic E-state index is 5.75.